The zero-order chi connectivity index (χ0) is 34.4. The van der Waals surface area contributed by atoms with Gasteiger partial charge in [0.1, 0.15) is 5.52 Å². The molecule has 10 aromatic rings. The summed E-state index contributed by atoms with van der Waals surface area (Å²) in [5.41, 5.74) is 10.7. The molecule has 1 aromatic heterocycles. The van der Waals surface area contributed by atoms with Gasteiger partial charge in [0.2, 0.25) is 5.89 Å². The number of anilines is 3. The number of hydrogen-bond donors (Lipinski definition) is 0. The molecule has 0 radical (unpaired) electrons. The maximum Gasteiger partial charge on any atom is 0.227 e. The molecule has 0 saturated heterocycles. The van der Waals surface area contributed by atoms with E-state index in [9.17, 15) is 0 Å². The second-order valence-corrected chi connectivity index (χ2v) is 13.2. The van der Waals surface area contributed by atoms with Gasteiger partial charge in [0.25, 0.3) is 0 Å². The fourth-order valence-electron chi connectivity index (χ4n) is 7.46. The molecule has 0 atom stereocenters. The summed E-state index contributed by atoms with van der Waals surface area (Å²) in [6.45, 7) is 0. The Morgan fingerprint density at radius 1 is 0.346 bits per heavy atom. The number of hydrogen-bond acceptors (Lipinski definition) is 3. The van der Waals surface area contributed by atoms with Gasteiger partial charge in [-0.05, 0) is 98.4 Å². The van der Waals surface area contributed by atoms with Crippen LogP contribution in [0, 0.1) is 0 Å². The number of rotatable bonds is 6. The summed E-state index contributed by atoms with van der Waals surface area (Å²) in [5, 5.41) is 6.90. The Morgan fingerprint density at radius 2 is 0.885 bits per heavy atom. The summed E-state index contributed by atoms with van der Waals surface area (Å²) in [4.78, 5) is 7.36. The molecular weight excluding hydrogens is 633 g/mol. The van der Waals surface area contributed by atoms with Crippen molar-refractivity contribution in [1.29, 1.82) is 0 Å². The Labute approximate surface area is 301 Å². The van der Waals surface area contributed by atoms with Crippen LogP contribution in [0.2, 0.25) is 0 Å². The average molecular weight is 665 g/mol. The van der Waals surface area contributed by atoms with Crippen molar-refractivity contribution in [3.63, 3.8) is 0 Å². The Hall–Kier alpha value is -6.97. The van der Waals surface area contributed by atoms with Gasteiger partial charge in [-0.3, -0.25) is 0 Å². The third kappa shape index (κ3) is 5.19. The average Bonchev–Trinajstić information content (AvgIpc) is 3.68. The maximum atomic E-state index is 6.44. The van der Waals surface area contributed by atoms with E-state index in [0.29, 0.717) is 5.89 Å². The molecule has 0 amide bonds. The molecule has 0 N–H and O–H groups in total. The van der Waals surface area contributed by atoms with Crippen molar-refractivity contribution in [3.05, 3.63) is 194 Å². The first kappa shape index (κ1) is 29.9. The smallest absolute Gasteiger partial charge is 0.227 e. The fraction of sp³-hybridized carbons (Fsp3) is 0. The van der Waals surface area contributed by atoms with Crippen LogP contribution in [-0.2, 0) is 0 Å². The number of nitrogens with zero attached hydrogens (tertiary/aromatic N) is 2. The van der Waals surface area contributed by atoms with Gasteiger partial charge in [-0.2, -0.15) is 0 Å². The summed E-state index contributed by atoms with van der Waals surface area (Å²) in [5.74, 6) is 0.638. The quantitative estimate of drug-likeness (QED) is 0.166. The van der Waals surface area contributed by atoms with E-state index in [1.165, 1.54) is 21.9 Å². The molecule has 9 aromatic carbocycles. The van der Waals surface area contributed by atoms with Crippen LogP contribution in [0.15, 0.2) is 199 Å². The van der Waals surface area contributed by atoms with Crippen molar-refractivity contribution in [2.45, 2.75) is 0 Å². The molecule has 0 aliphatic rings. The van der Waals surface area contributed by atoms with Crippen molar-refractivity contribution >= 4 is 60.5 Å². The summed E-state index contributed by atoms with van der Waals surface area (Å²) < 4.78 is 6.44. The van der Waals surface area contributed by atoms with Crippen molar-refractivity contribution in [2.24, 2.45) is 0 Å². The summed E-state index contributed by atoms with van der Waals surface area (Å²) in [6.07, 6.45) is 0. The molecule has 10 rings (SSSR count). The number of aromatic nitrogens is 1. The lowest BCUT2D eigenvalue weighted by Crippen LogP contribution is -2.09. The highest BCUT2D eigenvalue weighted by Gasteiger charge is 2.18. The number of benzene rings is 9. The highest BCUT2D eigenvalue weighted by Crippen LogP contribution is 2.41. The van der Waals surface area contributed by atoms with E-state index in [1.807, 2.05) is 30.3 Å². The molecule has 0 bridgehead atoms. The molecule has 1 heterocycles. The van der Waals surface area contributed by atoms with Crippen LogP contribution < -0.4 is 4.90 Å². The van der Waals surface area contributed by atoms with Crippen LogP contribution >= 0.6 is 0 Å². The third-order valence-corrected chi connectivity index (χ3v) is 10.1. The first-order valence-electron chi connectivity index (χ1n) is 17.6. The van der Waals surface area contributed by atoms with Gasteiger partial charge in [-0.25, -0.2) is 4.98 Å². The largest absolute Gasteiger partial charge is 0.435 e. The molecule has 0 unspecified atom stereocenters. The predicted octanol–water partition coefficient (Wildman–Crippen LogP) is 13.8. The van der Waals surface area contributed by atoms with Gasteiger partial charge in [0, 0.05) is 33.4 Å². The topological polar surface area (TPSA) is 29.3 Å². The van der Waals surface area contributed by atoms with Crippen LogP contribution in [0.3, 0.4) is 0 Å². The summed E-state index contributed by atoms with van der Waals surface area (Å²) in [7, 11) is 0. The first-order chi connectivity index (χ1) is 25.8. The second-order valence-electron chi connectivity index (χ2n) is 13.2. The van der Waals surface area contributed by atoms with Crippen LogP contribution in [0.25, 0.3) is 77.1 Å². The van der Waals surface area contributed by atoms with Gasteiger partial charge >= 0.3 is 0 Å². The molecular formula is C49H32N2O. The molecule has 0 spiro atoms. The fourth-order valence-corrected chi connectivity index (χ4v) is 7.46. The standard InChI is InChI=1S/C49H32N2O/c1-3-11-33(12-4-1)35-19-25-40(26-20-35)51(42-29-23-34-13-7-8-16-38(34)31-42)41-27-21-36(22-28-41)39-24-30-44-46(32-39)43-17-9-10-18-45(43)48-47(44)50-49(52-48)37-14-5-2-6-15-37/h1-32H. The van der Waals surface area contributed by atoms with Crippen LogP contribution in [-0.4, -0.2) is 4.98 Å². The summed E-state index contributed by atoms with van der Waals surface area (Å²) in [6, 6.07) is 68.8. The Kier molecular flexibility index (Phi) is 7.14. The minimum Gasteiger partial charge on any atom is -0.435 e. The molecule has 0 aliphatic carbocycles. The Morgan fingerprint density at radius 3 is 1.60 bits per heavy atom. The van der Waals surface area contributed by atoms with Crippen molar-refractivity contribution in [1.82, 2.24) is 4.98 Å². The van der Waals surface area contributed by atoms with Crippen LogP contribution in [0.1, 0.15) is 0 Å². The van der Waals surface area contributed by atoms with E-state index < -0.39 is 0 Å². The summed E-state index contributed by atoms with van der Waals surface area (Å²) >= 11 is 0. The Balaban J connectivity index is 1.06. The zero-order valence-corrected chi connectivity index (χ0v) is 28.3. The van der Waals surface area contributed by atoms with E-state index in [2.05, 4.69) is 169 Å². The van der Waals surface area contributed by atoms with Gasteiger partial charge < -0.3 is 9.32 Å². The van der Waals surface area contributed by atoms with Gasteiger partial charge in [-0.15, -0.1) is 0 Å². The molecule has 3 nitrogen and oxygen atoms in total. The second kappa shape index (κ2) is 12.4. The zero-order valence-electron chi connectivity index (χ0n) is 28.3. The minimum absolute atomic E-state index is 0.638. The molecule has 3 heteroatoms. The predicted molar refractivity (Wildman–Crippen MR) is 218 cm³/mol. The van der Waals surface area contributed by atoms with E-state index in [-0.39, 0.29) is 0 Å². The molecule has 52 heavy (non-hydrogen) atoms. The normalized spacial score (nSPS) is 11.5. The van der Waals surface area contributed by atoms with Crippen LogP contribution in [0.5, 0.6) is 0 Å². The number of fused-ring (bicyclic) bond motifs is 7. The monoisotopic (exact) mass is 664 g/mol. The minimum atomic E-state index is 0.638. The third-order valence-electron chi connectivity index (χ3n) is 10.1. The first-order valence-corrected chi connectivity index (χ1v) is 17.6. The van der Waals surface area contributed by atoms with E-state index in [4.69, 9.17) is 9.40 Å². The van der Waals surface area contributed by atoms with E-state index in [1.54, 1.807) is 0 Å². The SMILES string of the molecule is c1ccc(-c2ccc(N(c3ccc(-c4ccc5c(c4)c4ccccc4c4oc(-c6ccccc6)nc54)cc3)c3ccc4ccccc4c3)cc2)cc1. The van der Waals surface area contributed by atoms with Gasteiger partial charge in [-0.1, -0.05) is 140 Å². The lowest BCUT2D eigenvalue weighted by Gasteiger charge is -2.26. The molecule has 0 aliphatic heterocycles. The van der Waals surface area contributed by atoms with Gasteiger partial charge in [0.15, 0.2) is 5.58 Å². The highest BCUT2D eigenvalue weighted by atomic mass is 16.3. The van der Waals surface area contributed by atoms with E-state index >= 15 is 0 Å². The molecule has 0 fully saturated rings. The van der Waals surface area contributed by atoms with E-state index in [0.717, 1.165) is 66.4 Å². The van der Waals surface area contributed by atoms with Crippen molar-refractivity contribution in [2.75, 3.05) is 4.90 Å². The maximum absolute atomic E-state index is 6.44. The molecule has 0 saturated carbocycles. The van der Waals surface area contributed by atoms with Crippen LogP contribution in [0.4, 0.5) is 17.1 Å². The molecule has 244 valence electrons. The Bertz CT molecular complexity index is 2880. The lowest BCUT2D eigenvalue weighted by molar-refractivity contribution is 0.623. The lowest BCUT2D eigenvalue weighted by atomic mass is 9.96. The highest BCUT2D eigenvalue weighted by molar-refractivity contribution is 6.23. The van der Waals surface area contributed by atoms with Gasteiger partial charge in [0.05, 0.1) is 0 Å². The van der Waals surface area contributed by atoms with Crippen molar-refractivity contribution in [3.8, 4) is 33.7 Å². The number of oxazole rings is 1. The van der Waals surface area contributed by atoms with Crippen molar-refractivity contribution < 1.29 is 4.42 Å².